The third-order valence-corrected chi connectivity index (χ3v) is 6.81. The summed E-state index contributed by atoms with van der Waals surface area (Å²) >= 11 is 1.54. The van der Waals surface area contributed by atoms with E-state index in [2.05, 4.69) is 30.2 Å². The topological polar surface area (TPSA) is 88.0 Å². The Kier molecular flexibility index (Phi) is 4.97. The van der Waals surface area contributed by atoms with Crippen molar-refractivity contribution in [2.45, 2.75) is 63.8 Å². The van der Waals surface area contributed by atoms with E-state index in [0.717, 1.165) is 17.9 Å². The lowest BCUT2D eigenvalue weighted by atomic mass is 9.68. The van der Waals surface area contributed by atoms with Gasteiger partial charge in [-0.2, -0.15) is 0 Å². The molecule has 1 aliphatic heterocycles. The van der Waals surface area contributed by atoms with Crippen LogP contribution in [0.1, 0.15) is 63.5 Å². The summed E-state index contributed by atoms with van der Waals surface area (Å²) in [4.78, 5) is 33.9. The molecule has 0 unspecified atom stereocenters. The summed E-state index contributed by atoms with van der Waals surface area (Å²) in [5, 5.41) is 4.24. The number of aromatic nitrogens is 2. The number of nitrogens with one attached hydrogen (secondary N) is 2. The van der Waals surface area contributed by atoms with Gasteiger partial charge in [-0.3, -0.25) is 9.59 Å². The van der Waals surface area contributed by atoms with E-state index in [9.17, 15) is 9.59 Å². The SMILES string of the molecule is CC[C@H](C)Sc1nc2c(c(=O)[nH]1)[C@@H](c1ccc(C)o1)[C@@H]1C(=O)CC(C)(C)C=C1N2. The Morgan fingerprint density at radius 2 is 2.07 bits per heavy atom. The zero-order chi connectivity index (χ0) is 20.9. The Morgan fingerprint density at radius 3 is 2.72 bits per heavy atom. The van der Waals surface area contributed by atoms with Crippen molar-refractivity contribution in [1.29, 1.82) is 0 Å². The van der Waals surface area contributed by atoms with Gasteiger partial charge in [0.2, 0.25) is 0 Å². The Labute approximate surface area is 174 Å². The summed E-state index contributed by atoms with van der Waals surface area (Å²) < 4.78 is 5.90. The molecule has 3 heterocycles. The molecule has 0 bridgehead atoms. The highest BCUT2D eigenvalue weighted by Crippen LogP contribution is 2.48. The minimum absolute atomic E-state index is 0.113. The predicted molar refractivity (Wildman–Crippen MR) is 114 cm³/mol. The molecular formula is C22H27N3O3S. The van der Waals surface area contributed by atoms with Crippen molar-refractivity contribution in [3.63, 3.8) is 0 Å². The number of H-pyrrole nitrogens is 1. The number of carbonyl (C=O) groups is 1. The number of Topliss-reactive ketones (excluding diaryl/α,β-unsaturated/α-hetero) is 1. The van der Waals surface area contributed by atoms with E-state index in [1.54, 1.807) is 11.8 Å². The van der Waals surface area contributed by atoms with Gasteiger partial charge >= 0.3 is 0 Å². The second-order valence-corrected chi connectivity index (χ2v) is 10.2. The van der Waals surface area contributed by atoms with Crippen molar-refractivity contribution in [2.75, 3.05) is 5.32 Å². The lowest BCUT2D eigenvalue weighted by Gasteiger charge is -2.39. The lowest BCUT2D eigenvalue weighted by Crippen LogP contribution is -2.41. The summed E-state index contributed by atoms with van der Waals surface area (Å²) in [6.07, 6.45) is 3.51. The third-order valence-electron chi connectivity index (χ3n) is 5.65. The first kappa shape index (κ1) is 20.0. The Morgan fingerprint density at radius 1 is 1.31 bits per heavy atom. The average molecular weight is 414 g/mol. The number of fused-ring (bicyclic) bond motifs is 2. The van der Waals surface area contributed by atoms with Gasteiger partial charge in [0.15, 0.2) is 5.16 Å². The van der Waals surface area contributed by atoms with Crippen LogP contribution in [0.15, 0.2) is 38.3 Å². The molecule has 2 aromatic heterocycles. The Hall–Kier alpha value is -2.28. The fraction of sp³-hybridized carbons (Fsp3) is 0.500. The number of hydrogen-bond acceptors (Lipinski definition) is 6. The molecule has 2 N–H and O–H groups in total. The van der Waals surface area contributed by atoms with Gasteiger partial charge in [-0.25, -0.2) is 4.98 Å². The van der Waals surface area contributed by atoms with Crippen molar-refractivity contribution < 1.29 is 9.21 Å². The maximum Gasteiger partial charge on any atom is 0.257 e. The normalized spacial score (nSPS) is 23.6. The van der Waals surface area contributed by atoms with E-state index in [4.69, 9.17) is 9.40 Å². The van der Waals surface area contributed by atoms with Crippen LogP contribution in [0.4, 0.5) is 5.82 Å². The van der Waals surface area contributed by atoms with Crippen molar-refractivity contribution in [2.24, 2.45) is 11.3 Å². The molecular weight excluding hydrogens is 386 g/mol. The molecule has 0 saturated carbocycles. The monoisotopic (exact) mass is 413 g/mol. The van der Waals surface area contributed by atoms with E-state index < -0.39 is 11.8 Å². The number of nitrogens with zero attached hydrogens (tertiary/aromatic N) is 1. The van der Waals surface area contributed by atoms with Crippen molar-refractivity contribution >= 4 is 23.4 Å². The molecule has 0 aromatic carbocycles. The molecule has 0 amide bonds. The van der Waals surface area contributed by atoms with E-state index in [-0.39, 0.29) is 16.8 Å². The van der Waals surface area contributed by atoms with Crippen LogP contribution in [0.25, 0.3) is 0 Å². The molecule has 2 aromatic rings. The maximum absolute atomic E-state index is 13.1. The number of ketones is 1. The van der Waals surface area contributed by atoms with Crippen LogP contribution in [-0.2, 0) is 4.79 Å². The summed E-state index contributed by atoms with van der Waals surface area (Å²) in [6, 6.07) is 3.73. The number of thioether (sulfide) groups is 1. The highest BCUT2D eigenvalue weighted by molar-refractivity contribution is 7.99. The van der Waals surface area contributed by atoms with Gasteiger partial charge in [0.1, 0.15) is 23.1 Å². The van der Waals surface area contributed by atoms with Crippen LogP contribution in [0, 0.1) is 18.3 Å². The summed E-state index contributed by atoms with van der Waals surface area (Å²) in [5.41, 5.74) is 0.828. The first-order valence-electron chi connectivity index (χ1n) is 10.1. The molecule has 2 aliphatic rings. The van der Waals surface area contributed by atoms with Crippen LogP contribution < -0.4 is 10.9 Å². The standard InChI is InChI=1S/C22H27N3O3S/c1-6-12(3)29-21-24-19-18(20(27)25-21)17(15-8-7-11(2)28-15)16-13(23-19)9-22(4,5)10-14(16)26/h7-9,12,16-17H,6,10H2,1-5H3,(H2,23,24,25,27)/t12-,16-,17-/m0/s1. The Balaban J connectivity index is 1.90. The quantitative estimate of drug-likeness (QED) is 0.562. The van der Waals surface area contributed by atoms with Gasteiger partial charge in [-0.15, -0.1) is 0 Å². The van der Waals surface area contributed by atoms with Crippen LogP contribution >= 0.6 is 11.8 Å². The number of carbonyl (C=O) groups excluding carboxylic acids is 1. The molecule has 6 nitrogen and oxygen atoms in total. The number of furan rings is 1. The number of allylic oxidation sites excluding steroid dienone is 2. The highest BCUT2D eigenvalue weighted by Gasteiger charge is 2.46. The van der Waals surface area contributed by atoms with Gasteiger partial charge in [0.05, 0.1) is 17.4 Å². The van der Waals surface area contributed by atoms with Crippen molar-refractivity contribution in [3.05, 3.63) is 51.3 Å². The van der Waals surface area contributed by atoms with E-state index in [1.807, 2.05) is 32.9 Å². The van der Waals surface area contributed by atoms with Crippen molar-refractivity contribution in [1.82, 2.24) is 9.97 Å². The van der Waals surface area contributed by atoms with Crippen LogP contribution in [-0.4, -0.2) is 21.0 Å². The van der Waals surface area contributed by atoms with Gasteiger partial charge < -0.3 is 14.7 Å². The second kappa shape index (κ2) is 7.20. The van der Waals surface area contributed by atoms with E-state index in [1.165, 1.54) is 0 Å². The fourth-order valence-corrected chi connectivity index (χ4v) is 5.02. The number of hydrogen-bond donors (Lipinski definition) is 2. The summed E-state index contributed by atoms with van der Waals surface area (Å²) in [5.74, 6) is 1.07. The highest BCUT2D eigenvalue weighted by atomic mass is 32.2. The van der Waals surface area contributed by atoms with Gasteiger partial charge in [-0.05, 0) is 30.9 Å². The zero-order valence-electron chi connectivity index (χ0n) is 17.5. The molecule has 1 aliphatic carbocycles. The first-order chi connectivity index (χ1) is 13.7. The number of anilines is 1. The molecule has 0 fully saturated rings. The molecule has 0 saturated heterocycles. The summed E-state index contributed by atoms with van der Waals surface area (Å²) in [6.45, 7) is 10.2. The minimum Gasteiger partial charge on any atom is -0.466 e. The van der Waals surface area contributed by atoms with Gasteiger partial charge in [0.25, 0.3) is 5.56 Å². The maximum atomic E-state index is 13.1. The minimum atomic E-state index is -0.478. The average Bonchev–Trinajstić information content (AvgIpc) is 3.04. The van der Waals surface area contributed by atoms with Crippen LogP contribution in [0.5, 0.6) is 0 Å². The largest absolute Gasteiger partial charge is 0.466 e. The molecule has 4 rings (SSSR count). The smallest absolute Gasteiger partial charge is 0.257 e. The fourth-order valence-electron chi connectivity index (χ4n) is 4.18. The van der Waals surface area contributed by atoms with Crippen molar-refractivity contribution in [3.8, 4) is 0 Å². The molecule has 0 radical (unpaired) electrons. The number of aromatic amines is 1. The second-order valence-electron chi connectivity index (χ2n) is 8.73. The molecule has 0 spiro atoms. The molecule has 7 heteroatoms. The van der Waals surface area contributed by atoms with Crippen LogP contribution in [0.2, 0.25) is 0 Å². The van der Waals surface area contributed by atoms with Gasteiger partial charge in [-0.1, -0.05) is 45.5 Å². The summed E-state index contributed by atoms with van der Waals surface area (Å²) in [7, 11) is 0. The number of rotatable bonds is 4. The third kappa shape index (κ3) is 3.68. The lowest BCUT2D eigenvalue weighted by molar-refractivity contribution is -0.124. The molecule has 154 valence electrons. The Bertz CT molecular complexity index is 1050. The van der Waals surface area contributed by atoms with E-state index in [0.29, 0.717) is 34.0 Å². The predicted octanol–water partition coefficient (Wildman–Crippen LogP) is 4.62. The molecule has 3 atom stereocenters. The first-order valence-corrected chi connectivity index (χ1v) is 11.0. The zero-order valence-corrected chi connectivity index (χ0v) is 18.3. The molecule has 29 heavy (non-hydrogen) atoms. The van der Waals surface area contributed by atoms with E-state index >= 15 is 0 Å². The van der Waals surface area contributed by atoms with Gasteiger partial charge in [0, 0.05) is 17.4 Å². The number of aryl methyl sites for hydroxylation is 1. The van der Waals surface area contributed by atoms with Crippen LogP contribution in [0.3, 0.4) is 0 Å².